The molecule has 16 heavy (non-hydrogen) atoms. The Labute approximate surface area is 95.8 Å². The van der Waals surface area contributed by atoms with Gasteiger partial charge >= 0.3 is 5.97 Å². The fourth-order valence-corrected chi connectivity index (χ4v) is 3.20. The fourth-order valence-electron chi connectivity index (χ4n) is 2.49. The molecule has 1 saturated heterocycles. The largest absolute Gasteiger partial charge is 0.459 e. The lowest BCUT2D eigenvalue weighted by atomic mass is 10.1. The Morgan fingerprint density at radius 1 is 1.56 bits per heavy atom. The van der Waals surface area contributed by atoms with Crippen molar-refractivity contribution in [3.8, 4) is 0 Å². The highest BCUT2D eigenvalue weighted by atomic mass is 32.1. The van der Waals surface area contributed by atoms with Gasteiger partial charge in [-0.2, -0.15) is 0 Å². The lowest BCUT2D eigenvalue weighted by Gasteiger charge is -2.10. The smallest absolute Gasteiger partial charge is 0.310 e. The molecule has 0 amide bonds. The van der Waals surface area contributed by atoms with E-state index in [1.807, 2.05) is 11.4 Å². The Bertz CT molecular complexity index is 439. The van der Waals surface area contributed by atoms with Crippen LogP contribution in [0, 0.1) is 17.8 Å². The minimum atomic E-state index is -0.480. The van der Waals surface area contributed by atoms with Crippen molar-refractivity contribution < 1.29 is 19.4 Å². The van der Waals surface area contributed by atoms with Crippen molar-refractivity contribution in [1.82, 2.24) is 0 Å². The van der Waals surface area contributed by atoms with E-state index in [2.05, 4.69) is 0 Å². The second kappa shape index (κ2) is 3.40. The van der Waals surface area contributed by atoms with Crippen LogP contribution in [-0.2, 0) is 9.53 Å². The minimum absolute atomic E-state index is 0.0140. The van der Waals surface area contributed by atoms with Crippen LogP contribution in [-0.4, -0.2) is 29.6 Å². The maximum atomic E-state index is 12.0. The summed E-state index contributed by atoms with van der Waals surface area (Å²) in [7, 11) is 0. The summed E-state index contributed by atoms with van der Waals surface area (Å²) in [5.41, 5.74) is 0. The summed E-state index contributed by atoms with van der Waals surface area (Å²) < 4.78 is 4.93. The van der Waals surface area contributed by atoms with Crippen molar-refractivity contribution in [2.75, 3.05) is 6.61 Å². The summed E-state index contributed by atoms with van der Waals surface area (Å²) in [6.07, 6.45) is -0.480. The van der Waals surface area contributed by atoms with Crippen LogP contribution in [0.3, 0.4) is 0 Å². The third kappa shape index (κ3) is 1.25. The van der Waals surface area contributed by atoms with Gasteiger partial charge in [-0.1, -0.05) is 6.07 Å². The number of aliphatic hydroxyl groups is 1. The number of hydrogen-bond donors (Lipinski definition) is 1. The number of ketones is 1. The minimum Gasteiger partial charge on any atom is -0.459 e. The highest BCUT2D eigenvalue weighted by molar-refractivity contribution is 7.12. The molecule has 1 saturated carbocycles. The van der Waals surface area contributed by atoms with Gasteiger partial charge < -0.3 is 9.84 Å². The molecule has 4 atom stereocenters. The lowest BCUT2D eigenvalue weighted by Crippen LogP contribution is -2.23. The molecule has 0 bridgehead atoms. The van der Waals surface area contributed by atoms with Gasteiger partial charge in [0.25, 0.3) is 0 Å². The molecule has 0 aromatic carbocycles. The molecule has 2 heterocycles. The van der Waals surface area contributed by atoms with Gasteiger partial charge in [-0.05, 0) is 11.4 Å². The topological polar surface area (TPSA) is 63.6 Å². The van der Waals surface area contributed by atoms with Crippen molar-refractivity contribution in [2.45, 2.75) is 6.10 Å². The van der Waals surface area contributed by atoms with E-state index in [-0.39, 0.29) is 36.1 Å². The summed E-state index contributed by atoms with van der Waals surface area (Å²) in [4.78, 5) is 24.1. The summed E-state index contributed by atoms with van der Waals surface area (Å²) in [6, 6.07) is 3.58. The van der Waals surface area contributed by atoms with Crippen molar-refractivity contribution in [2.24, 2.45) is 17.8 Å². The van der Waals surface area contributed by atoms with Gasteiger partial charge in [0.05, 0.1) is 17.4 Å². The molecular formula is C11H10O4S. The van der Waals surface area contributed by atoms with Gasteiger partial charge in [0.2, 0.25) is 0 Å². The molecule has 4 nitrogen and oxygen atoms in total. The van der Waals surface area contributed by atoms with Gasteiger partial charge in [-0.3, -0.25) is 9.59 Å². The zero-order chi connectivity index (χ0) is 11.3. The van der Waals surface area contributed by atoms with Crippen LogP contribution in [0.25, 0.3) is 0 Å². The van der Waals surface area contributed by atoms with Crippen LogP contribution in [0.1, 0.15) is 9.67 Å². The van der Waals surface area contributed by atoms with Gasteiger partial charge in [-0.15, -0.1) is 11.3 Å². The van der Waals surface area contributed by atoms with E-state index < -0.39 is 6.10 Å². The van der Waals surface area contributed by atoms with E-state index >= 15 is 0 Å². The molecule has 1 aliphatic carbocycles. The average Bonchev–Trinajstić information content (AvgIpc) is 2.66. The molecule has 1 aromatic rings. The van der Waals surface area contributed by atoms with Crippen molar-refractivity contribution >= 4 is 23.1 Å². The predicted octanol–water partition coefficient (Wildman–Crippen LogP) is 0.711. The Morgan fingerprint density at radius 3 is 3.00 bits per heavy atom. The molecule has 2 fully saturated rings. The number of carbonyl (C=O) groups is 2. The quantitative estimate of drug-likeness (QED) is 0.622. The van der Waals surface area contributed by atoms with Gasteiger partial charge in [0, 0.05) is 11.8 Å². The Balaban J connectivity index is 1.80. The van der Waals surface area contributed by atoms with Crippen LogP contribution in [0.15, 0.2) is 17.5 Å². The van der Waals surface area contributed by atoms with Crippen LogP contribution in [0.4, 0.5) is 0 Å². The summed E-state index contributed by atoms with van der Waals surface area (Å²) in [6.45, 7) is -0.193. The van der Waals surface area contributed by atoms with Gasteiger partial charge in [-0.25, -0.2) is 0 Å². The first-order valence-corrected chi connectivity index (χ1v) is 6.01. The lowest BCUT2D eigenvalue weighted by molar-refractivity contribution is -0.147. The summed E-state index contributed by atoms with van der Waals surface area (Å²) >= 11 is 1.38. The number of hydrogen-bond acceptors (Lipinski definition) is 5. The molecule has 1 aliphatic heterocycles. The average molecular weight is 238 g/mol. The van der Waals surface area contributed by atoms with Crippen LogP contribution in [0.2, 0.25) is 0 Å². The first kappa shape index (κ1) is 9.99. The molecule has 3 rings (SSSR count). The van der Waals surface area contributed by atoms with Crippen molar-refractivity contribution in [3.63, 3.8) is 0 Å². The van der Waals surface area contributed by atoms with Crippen molar-refractivity contribution in [1.29, 1.82) is 0 Å². The van der Waals surface area contributed by atoms with E-state index in [0.29, 0.717) is 4.88 Å². The van der Waals surface area contributed by atoms with E-state index in [0.717, 1.165) is 0 Å². The molecule has 4 unspecified atom stereocenters. The van der Waals surface area contributed by atoms with E-state index in [1.165, 1.54) is 11.3 Å². The first-order valence-electron chi connectivity index (χ1n) is 5.13. The Morgan fingerprint density at radius 2 is 2.38 bits per heavy atom. The normalized spacial score (nSPS) is 35.7. The van der Waals surface area contributed by atoms with Gasteiger partial charge in [0.1, 0.15) is 6.10 Å². The van der Waals surface area contributed by atoms with E-state index in [9.17, 15) is 9.59 Å². The zero-order valence-electron chi connectivity index (χ0n) is 8.33. The standard InChI is InChI=1S/C11H10O4S/c12-4-5-7-8(9(7)11(14)15-5)10(13)6-2-1-3-16-6/h1-3,5,7-9,12H,4H2. The maximum absolute atomic E-state index is 12.0. The molecule has 1 N–H and O–H groups in total. The van der Waals surface area contributed by atoms with Gasteiger partial charge in [0.15, 0.2) is 5.78 Å². The van der Waals surface area contributed by atoms with Crippen molar-refractivity contribution in [3.05, 3.63) is 22.4 Å². The Kier molecular flexibility index (Phi) is 2.12. The van der Waals surface area contributed by atoms with Crippen LogP contribution >= 0.6 is 11.3 Å². The van der Waals surface area contributed by atoms with E-state index in [1.54, 1.807) is 6.07 Å². The molecule has 5 heteroatoms. The molecule has 1 aromatic heterocycles. The molecule has 0 radical (unpaired) electrons. The third-order valence-corrected chi connectivity index (χ3v) is 4.18. The number of rotatable bonds is 3. The maximum Gasteiger partial charge on any atom is 0.310 e. The second-order valence-corrected chi connectivity index (χ2v) is 5.08. The number of carbonyl (C=O) groups excluding carboxylic acids is 2. The summed E-state index contributed by atoms with van der Waals surface area (Å²) in [5, 5.41) is 10.9. The van der Waals surface area contributed by atoms with E-state index in [4.69, 9.17) is 9.84 Å². The molecule has 2 aliphatic rings. The number of thiophene rings is 1. The number of Topliss-reactive ketones (excluding diaryl/α,β-unsaturated/α-hetero) is 1. The van der Waals surface area contributed by atoms with Crippen LogP contribution < -0.4 is 0 Å². The number of cyclic esters (lactones) is 1. The number of esters is 1. The highest BCUT2D eigenvalue weighted by Crippen LogP contribution is 2.56. The molecule has 84 valence electrons. The summed E-state index contributed by atoms with van der Waals surface area (Å²) in [5.74, 6) is -1.00. The zero-order valence-corrected chi connectivity index (χ0v) is 9.15. The fraction of sp³-hybridized carbons (Fsp3) is 0.455. The molecular weight excluding hydrogens is 228 g/mol. The third-order valence-electron chi connectivity index (χ3n) is 3.29. The monoisotopic (exact) mass is 238 g/mol. The van der Waals surface area contributed by atoms with Crippen LogP contribution in [0.5, 0.6) is 0 Å². The Hall–Kier alpha value is -1.20. The second-order valence-electron chi connectivity index (χ2n) is 4.13. The number of fused-ring (bicyclic) bond motifs is 1. The SMILES string of the molecule is O=C1OC(CO)C2C1C2C(=O)c1cccs1. The highest BCUT2D eigenvalue weighted by Gasteiger charge is 2.68. The first-order chi connectivity index (χ1) is 7.74. The number of aliphatic hydroxyl groups excluding tert-OH is 1. The number of ether oxygens (including phenoxy) is 1. The predicted molar refractivity (Wildman–Crippen MR) is 56.1 cm³/mol. The molecule has 0 spiro atoms.